The number of benzene rings is 2. The number of aromatic nitrogens is 2. The van der Waals surface area contributed by atoms with Gasteiger partial charge in [0.15, 0.2) is 5.82 Å². The van der Waals surface area contributed by atoms with Crippen LogP contribution in [0.3, 0.4) is 0 Å². The van der Waals surface area contributed by atoms with Crippen molar-refractivity contribution in [2.75, 3.05) is 5.32 Å². The molecule has 1 N–H and O–H groups in total. The van der Waals surface area contributed by atoms with Crippen LogP contribution in [-0.2, 0) is 0 Å². The van der Waals surface area contributed by atoms with Crippen LogP contribution in [0.4, 0.5) is 5.69 Å². The molecule has 2 aromatic carbocycles. The summed E-state index contributed by atoms with van der Waals surface area (Å²) in [5.41, 5.74) is 1.99. The Morgan fingerprint density at radius 3 is 2.35 bits per heavy atom. The molecule has 0 radical (unpaired) electrons. The summed E-state index contributed by atoms with van der Waals surface area (Å²) < 4.78 is 1.68. The molecule has 0 atom stereocenters. The van der Waals surface area contributed by atoms with Gasteiger partial charge in [-0.15, -0.1) is 0 Å². The Balaban J connectivity index is 1.79. The number of carbonyl (C=O) groups is 1. The molecule has 0 unspecified atom stereocenters. The molecular formula is C17H11Br2N3O. The van der Waals surface area contributed by atoms with Crippen molar-refractivity contribution in [1.29, 1.82) is 0 Å². The molecule has 0 aliphatic rings. The third kappa shape index (κ3) is 3.83. The third-order valence-electron chi connectivity index (χ3n) is 3.12. The Hall–Kier alpha value is -2.05. The molecule has 0 aliphatic carbocycles. The van der Waals surface area contributed by atoms with Crippen molar-refractivity contribution in [3.05, 3.63) is 75.4 Å². The predicted molar refractivity (Wildman–Crippen MR) is 97.3 cm³/mol. The van der Waals surface area contributed by atoms with Gasteiger partial charge in [0, 0.05) is 26.9 Å². The zero-order chi connectivity index (χ0) is 16.2. The van der Waals surface area contributed by atoms with Crippen LogP contribution in [0.5, 0.6) is 0 Å². The van der Waals surface area contributed by atoms with Crippen molar-refractivity contribution in [3.8, 4) is 11.4 Å². The minimum atomic E-state index is -0.261. The van der Waals surface area contributed by atoms with E-state index in [0.29, 0.717) is 17.1 Å². The Morgan fingerprint density at radius 2 is 1.65 bits per heavy atom. The zero-order valence-electron chi connectivity index (χ0n) is 11.8. The summed E-state index contributed by atoms with van der Waals surface area (Å²) in [7, 11) is 0. The molecule has 4 nitrogen and oxygen atoms in total. The van der Waals surface area contributed by atoms with Gasteiger partial charge in [-0.05, 0) is 34.1 Å². The van der Waals surface area contributed by atoms with Gasteiger partial charge >= 0.3 is 0 Å². The topological polar surface area (TPSA) is 54.9 Å². The molecule has 1 amide bonds. The molecule has 1 heterocycles. The van der Waals surface area contributed by atoms with Gasteiger partial charge in [0.05, 0.1) is 11.3 Å². The van der Waals surface area contributed by atoms with Gasteiger partial charge < -0.3 is 5.32 Å². The molecule has 0 saturated heterocycles. The molecule has 114 valence electrons. The van der Waals surface area contributed by atoms with Gasteiger partial charge in [0.2, 0.25) is 0 Å². The molecule has 1 aromatic heterocycles. The summed E-state index contributed by atoms with van der Waals surface area (Å²) in [4.78, 5) is 20.8. The lowest BCUT2D eigenvalue weighted by atomic mass is 10.2. The summed E-state index contributed by atoms with van der Waals surface area (Å²) in [5, 5.41) is 2.83. The molecule has 0 saturated carbocycles. The smallest absolute Gasteiger partial charge is 0.258 e. The molecule has 3 rings (SSSR count). The van der Waals surface area contributed by atoms with Crippen LogP contribution in [0.1, 0.15) is 10.4 Å². The highest BCUT2D eigenvalue weighted by Gasteiger charge is 2.10. The second-order valence-electron chi connectivity index (χ2n) is 4.74. The summed E-state index contributed by atoms with van der Waals surface area (Å²) in [5.74, 6) is 0.328. The molecule has 0 spiro atoms. The van der Waals surface area contributed by atoms with Crippen LogP contribution in [0.15, 0.2) is 69.9 Å². The SMILES string of the molecule is O=C(Nc1cc(Br)ccc1Br)c1cnc(-c2ccccc2)nc1. The molecule has 0 bridgehead atoms. The Bertz CT molecular complexity index is 836. The first kappa shape index (κ1) is 15.8. The van der Waals surface area contributed by atoms with Crippen molar-refractivity contribution in [2.24, 2.45) is 0 Å². The minimum Gasteiger partial charge on any atom is -0.321 e. The normalized spacial score (nSPS) is 10.3. The van der Waals surface area contributed by atoms with E-state index in [1.54, 1.807) is 0 Å². The number of rotatable bonds is 3. The predicted octanol–water partition coefficient (Wildman–Crippen LogP) is 4.92. The zero-order valence-corrected chi connectivity index (χ0v) is 15.0. The number of halogens is 2. The first-order valence-corrected chi connectivity index (χ1v) is 8.36. The number of hydrogen-bond acceptors (Lipinski definition) is 3. The lowest BCUT2D eigenvalue weighted by Crippen LogP contribution is -2.13. The molecular weight excluding hydrogens is 422 g/mol. The quantitative estimate of drug-likeness (QED) is 0.638. The number of nitrogens with one attached hydrogen (secondary N) is 1. The lowest BCUT2D eigenvalue weighted by Gasteiger charge is -2.08. The van der Waals surface area contributed by atoms with Crippen molar-refractivity contribution in [1.82, 2.24) is 9.97 Å². The maximum atomic E-state index is 12.3. The number of amides is 1. The maximum absolute atomic E-state index is 12.3. The maximum Gasteiger partial charge on any atom is 0.258 e. The van der Waals surface area contributed by atoms with Gasteiger partial charge in [-0.1, -0.05) is 46.3 Å². The molecule has 6 heteroatoms. The van der Waals surface area contributed by atoms with Gasteiger partial charge in [0.25, 0.3) is 5.91 Å². The fourth-order valence-corrected chi connectivity index (χ4v) is 2.68. The summed E-state index contributed by atoms with van der Waals surface area (Å²) in [6.45, 7) is 0. The van der Waals surface area contributed by atoms with E-state index in [1.807, 2.05) is 48.5 Å². The largest absolute Gasteiger partial charge is 0.321 e. The number of hydrogen-bond donors (Lipinski definition) is 1. The highest BCUT2D eigenvalue weighted by molar-refractivity contribution is 9.11. The van der Waals surface area contributed by atoms with E-state index < -0.39 is 0 Å². The van der Waals surface area contributed by atoms with E-state index in [4.69, 9.17) is 0 Å². The van der Waals surface area contributed by atoms with E-state index in [1.165, 1.54) is 12.4 Å². The van der Waals surface area contributed by atoms with E-state index in [-0.39, 0.29) is 5.91 Å². The Kier molecular flexibility index (Phi) is 4.83. The Labute approximate surface area is 150 Å². The second-order valence-corrected chi connectivity index (χ2v) is 6.51. The average molecular weight is 433 g/mol. The van der Waals surface area contributed by atoms with Crippen LogP contribution in [-0.4, -0.2) is 15.9 Å². The fourth-order valence-electron chi connectivity index (χ4n) is 1.97. The summed E-state index contributed by atoms with van der Waals surface area (Å²) in [6.07, 6.45) is 3.05. The third-order valence-corrected chi connectivity index (χ3v) is 4.31. The average Bonchev–Trinajstić information content (AvgIpc) is 2.59. The highest BCUT2D eigenvalue weighted by atomic mass is 79.9. The monoisotopic (exact) mass is 431 g/mol. The molecule has 0 aliphatic heterocycles. The van der Waals surface area contributed by atoms with Crippen LogP contribution in [0.25, 0.3) is 11.4 Å². The first-order chi connectivity index (χ1) is 11.1. The van der Waals surface area contributed by atoms with Gasteiger partial charge in [-0.3, -0.25) is 4.79 Å². The lowest BCUT2D eigenvalue weighted by molar-refractivity contribution is 0.102. The van der Waals surface area contributed by atoms with Gasteiger partial charge in [-0.2, -0.15) is 0 Å². The van der Waals surface area contributed by atoms with Crippen molar-refractivity contribution >= 4 is 43.5 Å². The first-order valence-electron chi connectivity index (χ1n) is 6.77. The van der Waals surface area contributed by atoms with E-state index in [2.05, 4.69) is 47.1 Å². The summed E-state index contributed by atoms with van der Waals surface area (Å²) >= 11 is 6.79. The van der Waals surface area contributed by atoms with Crippen molar-refractivity contribution < 1.29 is 4.79 Å². The van der Waals surface area contributed by atoms with Crippen LogP contribution >= 0.6 is 31.9 Å². The molecule has 0 fully saturated rings. The van der Waals surface area contributed by atoms with E-state index >= 15 is 0 Å². The highest BCUT2D eigenvalue weighted by Crippen LogP contribution is 2.26. The van der Waals surface area contributed by atoms with Crippen molar-refractivity contribution in [2.45, 2.75) is 0 Å². The second kappa shape index (κ2) is 7.02. The van der Waals surface area contributed by atoms with E-state index in [9.17, 15) is 4.79 Å². The summed E-state index contributed by atoms with van der Waals surface area (Å²) in [6, 6.07) is 15.2. The molecule has 23 heavy (non-hydrogen) atoms. The van der Waals surface area contributed by atoms with Crippen LogP contribution in [0, 0.1) is 0 Å². The Morgan fingerprint density at radius 1 is 0.957 bits per heavy atom. The van der Waals surface area contributed by atoms with Gasteiger partial charge in [0.1, 0.15) is 0 Å². The standard InChI is InChI=1S/C17H11Br2N3O/c18-13-6-7-14(19)15(8-13)22-17(23)12-9-20-16(21-10-12)11-4-2-1-3-5-11/h1-10H,(H,22,23). The van der Waals surface area contributed by atoms with Crippen molar-refractivity contribution in [3.63, 3.8) is 0 Å². The van der Waals surface area contributed by atoms with Crippen LogP contribution in [0.2, 0.25) is 0 Å². The number of anilines is 1. The number of carbonyl (C=O) groups excluding carboxylic acids is 1. The fraction of sp³-hybridized carbons (Fsp3) is 0. The number of nitrogens with zero attached hydrogens (tertiary/aromatic N) is 2. The van der Waals surface area contributed by atoms with E-state index in [0.717, 1.165) is 14.5 Å². The van der Waals surface area contributed by atoms with Crippen LogP contribution < -0.4 is 5.32 Å². The minimum absolute atomic E-state index is 0.261. The molecule has 3 aromatic rings. The van der Waals surface area contributed by atoms with Gasteiger partial charge in [-0.25, -0.2) is 9.97 Å².